The van der Waals surface area contributed by atoms with Gasteiger partial charge in [-0.15, -0.1) is 0 Å². The van der Waals surface area contributed by atoms with Crippen LogP contribution < -0.4 is 5.32 Å². The second-order valence-electron chi connectivity index (χ2n) is 12.8. The van der Waals surface area contributed by atoms with E-state index in [1.165, 1.54) is 25.3 Å². The highest BCUT2D eigenvalue weighted by Gasteiger charge is 2.64. The molecule has 37 heavy (non-hydrogen) atoms. The highest BCUT2D eigenvalue weighted by Crippen LogP contribution is 2.68. The number of hydrogen-bond acceptors (Lipinski definition) is 6. The lowest BCUT2D eigenvalue weighted by atomic mass is 9.44. The van der Waals surface area contributed by atoms with Gasteiger partial charge < -0.3 is 15.5 Å². The molecular formula is C28H41N5O4. The van der Waals surface area contributed by atoms with Gasteiger partial charge >= 0.3 is 0 Å². The van der Waals surface area contributed by atoms with Crippen LogP contribution in [0, 0.1) is 44.6 Å². The minimum Gasteiger partial charge on any atom is -0.393 e. The number of fused-ring (bicyclic) bond motifs is 5. The van der Waals surface area contributed by atoms with Crippen LogP contribution in [0.25, 0.3) is 10.4 Å². The molecule has 5 rings (SSSR count). The molecule has 0 unspecified atom stereocenters. The summed E-state index contributed by atoms with van der Waals surface area (Å²) in [7, 11) is 0. The zero-order chi connectivity index (χ0) is 26.4. The average molecular weight is 512 g/mol. The maximum atomic E-state index is 12.0. The van der Waals surface area contributed by atoms with Gasteiger partial charge in [0.1, 0.15) is 5.69 Å². The number of nitro benzene ring substituents is 1. The number of nitrogens with one attached hydrogen (secondary N) is 1. The summed E-state index contributed by atoms with van der Waals surface area (Å²) in [6, 6.07) is 4.41. The Morgan fingerprint density at radius 2 is 1.95 bits per heavy atom. The summed E-state index contributed by atoms with van der Waals surface area (Å²) >= 11 is 0. The molecule has 0 bridgehead atoms. The van der Waals surface area contributed by atoms with E-state index < -0.39 is 10.5 Å². The fourth-order valence-electron chi connectivity index (χ4n) is 9.29. The molecule has 1 aromatic rings. The molecule has 8 atom stereocenters. The molecule has 0 aliphatic heterocycles. The molecule has 0 saturated heterocycles. The van der Waals surface area contributed by atoms with Crippen LogP contribution in [-0.2, 0) is 0 Å². The first-order valence-corrected chi connectivity index (χ1v) is 14.1. The first-order chi connectivity index (χ1) is 17.6. The van der Waals surface area contributed by atoms with Crippen molar-refractivity contribution in [1.29, 1.82) is 0 Å². The first kappa shape index (κ1) is 26.3. The number of anilines is 1. The van der Waals surface area contributed by atoms with Crippen LogP contribution >= 0.6 is 0 Å². The average Bonchev–Trinajstić information content (AvgIpc) is 3.13. The van der Waals surface area contributed by atoms with Crippen molar-refractivity contribution < 1.29 is 15.1 Å². The van der Waals surface area contributed by atoms with Crippen LogP contribution in [0.1, 0.15) is 84.5 Å². The fourth-order valence-corrected chi connectivity index (χ4v) is 9.29. The SMILES string of the molecule is C[C@]12CC[C@H](O)C[C@@H]1CC[C@@H]1[C@@H]2CC[C@@]2(C)[C@H]1CC[C@@]2(O)CCCNc1ccc(N=[N+]=[N-])cc1[N+](=O)[O-]. The Labute approximate surface area is 218 Å². The third-order valence-electron chi connectivity index (χ3n) is 11.4. The highest BCUT2D eigenvalue weighted by molar-refractivity contribution is 5.66. The van der Waals surface area contributed by atoms with E-state index >= 15 is 0 Å². The van der Waals surface area contributed by atoms with Crippen molar-refractivity contribution in [1.82, 2.24) is 0 Å². The third-order valence-corrected chi connectivity index (χ3v) is 11.4. The molecule has 4 aliphatic rings. The molecule has 4 saturated carbocycles. The van der Waals surface area contributed by atoms with Gasteiger partial charge in [-0.25, -0.2) is 0 Å². The molecule has 4 aliphatic carbocycles. The van der Waals surface area contributed by atoms with Crippen molar-refractivity contribution in [3.8, 4) is 0 Å². The molecule has 9 heteroatoms. The van der Waals surface area contributed by atoms with Gasteiger partial charge in [0.25, 0.3) is 5.69 Å². The molecule has 0 amide bonds. The summed E-state index contributed by atoms with van der Waals surface area (Å²) in [6.07, 6.45) is 10.9. The van der Waals surface area contributed by atoms with Crippen molar-refractivity contribution in [2.75, 3.05) is 11.9 Å². The van der Waals surface area contributed by atoms with Crippen LogP contribution in [-0.4, -0.2) is 33.4 Å². The van der Waals surface area contributed by atoms with Crippen LogP contribution in [0.15, 0.2) is 23.3 Å². The monoisotopic (exact) mass is 511 g/mol. The van der Waals surface area contributed by atoms with Gasteiger partial charge in [0, 0.05) is 23.2 Å². The summed E-state index contributed by atoms with van der Waals surface area (Å²) in [5.74, 6) is 2.55. The van der Waals surface area contributed by atoms with Crippen molar-refractivity contribution >= 4 is 17.1 Å². The van der Waals surface area contributed by atoms with E-state index in [2.05, 4.69) is 29.2 Å². The number of rotatable bonds is 7. The van der Waals surface area contributed by atoms with Crippen molar-refractivity contribution in [3.63, 3.8) is 0 Å². The van der Waals surface area contributed by atoms with Gasteiger partial charge in [-0.05, 0) is 117 Å². The predicted octanol–water partition coefficient (Wildman–Crippen LogP) is 6.86. The number of nitrogens with zero attached hydrogens (tertiary/aromatic N) is 4. The van der Waals surface area contributed by atoms with Gasteiger partial charge in [0.05, 0.1) is 16.6 Å². The van der Waals surface area contributed by atoms with Crippen LogP contribution in [0.5, 0.6) is 0 Å². The standard InChI is InChI=1S/C28H41N5O4/c1-26-12-8-20(34)16-18(26)4-6-21-22(26)9-13-27(2)23(21)10-14-28(27,35)11-3-15-30-24-7-5-19(31-32-29)17-25(24)33(36)37/h5,7,17-18,20-23,30,34-35H,3-4,6,8-16H2,1-2H3/t18-,20-,21+,22-,23-,26-,27-,28-/m0/s1. The largest absolute Gasteiger partial charge is 0.393 e. The Bertz CT molecular complexity index is 1090. The van der Waals surface area contributed by atoms with E-state index in [4.69, 9.17) is 5.53 Å². The molecule has 0 spiro atoms. The summed E-state index contributed by atoms with van der Waals surface area (Å²) in [4.78, 5) is 13.7. The number of azide groups is 1. The smallest absolute Gasteiger partial charge is 0.292 e. The number of nitro groups is 1. The molecule has 3 N–H and O–H groups in total. The second-order valence-corrected chi connectivity index (χ2v) is 12.8. The summed E-state index contributed by atoms with van der Waals surface area (Å²) in [5, 5.41) is 40.4. The van der Waals surface area contributed by atoms with Crippen LogP contribution in [0.3, 0.4) is 0 Å². The van der Waals surface area contributed by atoms with E-state index in [1.54, 1.807) is 12.1 Å². The number of aliphatic hydroxyl groups is 2. The predicted molar refractivity (Wildman–Crippen MR) is 142 cm³/mol. The Hall–Kier alpha value is -2.35. The van der Waals surface area contributed by atoms with Gasteiger partial charge in [-0.3, -0.25) is 10.1 Å². The summed E-state index contributed by atoms with van der Waals surface area (Å²) in [6.45, 7) is 5.35. The molecule has 1 aromatic carbocycles. The topological polar surface area (TPSA) is 144 Å². The molecule has 4 fully saturated rings. The Morgan fingerprint density at radius 3 is 2.70 bits per heavy atom. The van der Waals surface area contributed by atoms with Crippen molar-refractivity contribution in [3.05, 3.63) is 38.8 Å². The van der Waals surface area contributed by atoms with E-state index in [1.807, 2.05) is 0 Å². The number of hydrogen-bond donors (Lipinski definition) is 3. The minimum absolute atomic E-state index is 0.0888. The van der Waals surface area contributed by atoms with Gasteiger partial charge in [0.15, 0.2) is 0 Å². The maximum Gasteiger partial charge on any atom is 0.292 e. The van der Waals surface area contributed by atoms with Crippen molar-refractivity contribution in [2.24, 2.45) is 39.6 Å². The Kier molecular flexibility index (Phi) is 6.92. The van der Waals surface area contributed by atoms with Gasteiger partial charge in [-0.1, -0.05) is 25.0 Å². The molecule has 0 heterocycles. The lowest BCUT2D eigenvalue weighted by Crippen LogP contribution is -2.56. The normalized spacial score (nSPS) is 40.6. The highest BCUT2D eigenvalue weighted by atomic mass is 16.6. The fraction of sp³-hybridized carbons (Fsp3) is 0.786. The Morgan fingerprint density at radius 1 is 1.16 bits per heavy atom. The number of benzene rings is 1. The first-order valence-electron chi connectivity index (χ1n) is 14.1. The third kappa shape index (κ3) is 4.39. The maximum absolute atomic E-state index is 12.0. The Balaban J connectivity index is 1.23. The van der Waals surface area contributed by atoms with E-state index in [-0.39, 0.29) is 22.9 Å². The quantitative estimate of drug-likeness (QED) is 0.0914. The minimum atomic E-state index is -0.706. The lowest BCUT2D eigenvalue weighted by molar-refractivity contribution is -0.383. The van der Waals surface area contributed by atoms with Gasteiger partial charge in [-0.2, -0.15) is 0 Å². The molecular weight excluding hydrogens is 470 g/mol. The van der Waals surface area contributed by atoms with Gasteiger partial charge in [0.2, 0.25) is 0 Å². The van der Waals surface area contributed by atoms with E-state index in [0.29, 0.717) is 47.7 Å². The van der Waals surface area contributed by atoms with Crippen LogP contribution in [0.4, 0.5) is 17.1 Å². The van der Waals surface area contributed by atoms with E-state index in [9.17, 15) is 20.3 Å². The molecule has 0 radical (unpaired) electrons. The second kappa shape index (κ2) is 9.75. The van der Waals surface area contributed by atoms with E-state index in [0.717, 1.165) is 44.9 Å². The van der Waals surface area contributed by atoms with Crippen molar-refractivity contribution in [2.45, 2.75) is 96.2 Å². The summed E-state index contributed by atoms with van der Waals surface area (Å²) < 4.78 is 0. The van der Waals surface area contributed by atoms with Crippen LogP contribution in [0.2, 0.25) is 0 Å². The zero-order valence-electron chi connectivity index (χ0n) is 22.1. The molecule has 0 aromatic heterocycles. The number of aliphatic hydroxyl groups excluding tert-OH is 1. The molecule has 9 nitrogen and oxygen atoms in total. The zero-order valence-corrected chi connectivity index (χ0v) is 22.1. The summed E-state index contributed by atoms with van der Waals surface area (Å²) in [5.41, 5.74) is 8.63. The molecule has 202 valence electrons. The lowest BCUT2D eigenvalue weighted by Gasteiger charge is -2.61.